The van der Waals surface area contributed by atoms with Gasteiger partial charge >= 0.3 is 11.6 Å². The zero-order valence-electron chi connectivity index (χ0n) is 19.3. The molecule has 0 saturated carbocycles. The summed E-state index contributed by atoms with van der Waals surface area (Å²) >= 11 is 0. The molecule has 0 radical (unpaired) electrons. The summed E-state index contributed by atoms with van der Waals surface area (Å²) in [6, 6.07) is 11.8. The second-order valence-electron chi connectivity index (χ2n) is 8.58. The number of carboxylic acid groups (broad SMARTS) is 1. The third-order valence-corrected chi connectivity index (χ3v) is 6.07. The van der Waals surface area contributed by atoms with Crippen LogP contribution in [0, 0.1) is 13.8 Å². The molecule has 2 aromatic heterocycles. The molecule has 2 heterocycles. The van der Waals surface area contributed by atoms with Gasteiger partial charge in [-0.1, -0.05) is 36.2 Å². The van der Waals surface area contributed by atoms with Gasteiger partial charge < -0.3 is 19.3 Å². The molecule has 7 nitrogen and oxygen atoms in total. The van der Waals surface area contributed by atoms with Crippen molar-refractivity contribution in [3.05, 3.63) is 69.8 Å². The Balaban J connectivity index is 1.56. The summed E-state index contributed by atoms with van der Waals surface area (Å²) in [4.78, 5) is 35.6. The molecule has 0 aliphatic heterocycles. The average Bonchev–Trinajstić information content (AvgIpc) is 3.21. The third kappa shape index (κ3) is 5.03. The number of aliphatic carboxylic acids is 1. The van der Waals surface area contributed by atoms with Gasteiger partial charge in [-0.25, -0.2) is 4.79 Å². The van der Waals surface area contributed by atoms with E-state index in [2.05, 4.69) is 5.32 Å². The van der Waals surface area contributed by atoms with Gasteiger partial charge in [0.25, 0.3) is 0 Å². The fraction of sp³-hybridized carbons (Fsp3) is 0.296. The molecule has 7 heteroatoms. The number of carbonyl (C=O) groups excluding carboxylic acids is 1. The van der Waals surface area contributed by atoms with Crippen LogP contribution in [-0.4, -0.2) is 23.5 Å². The first kappa shape index (κ1) is 23.3. The number of aryl methyl sites for hydroxylation is 2. The number of carboxylic acids is 1. The molecule has 0 aliphatic rings. The van der Waals surface area contributed by atoms with Gasteiger partial charge in [0.05, 0.1) is 18.2 Å². The van der Waals surface area contributed by atoms with Crippen molar-refractivity contribution in [2.75, 3.05) is 6.54 Å². The Morgan fingerprint density at radius 3 is 2.47 bits per heavy atom. The summed E-state index contributed by atoms with van der Waals surface area (Å²) in [5, 5.41) is 13.1. The van der Waals surface area contributed by atoms with Crippen LogP contribution in [-0.2, 0) is 16.0 Å². The number of carbonyl (C=O) groups is 2. The fourth-order valence-corrected chi connectivity index (χ4v) is 4.10. The molecular weight excluding hydrogens is 434 g/mol. The molecule has 2 aromatic carbocycles. The minimum absolute atomic E-state index is 0.0759. The lowest BCUT2D eigenvalue weighted by Crippen LogP contribution is -2.28. The highest BCUT2D eigenvalue weighted by molar-refractivity contribution is 6.02. The summed E-state index contributed by atoms with van der Waals surface area (Å²) < 4.78 is 11.3. The Morgan fingerprint density at radius 2 is 1.74 bits per heavy atom. The van der Waals surface area contributed by atoms with E-state index < -0.39 is 11.6 Å². The van der Waals surface area contributed by atoms with E-state index in [0.29, 0.717) is 48.1 Å². The Hall–Kier alpha value is -3.87. The maximum absolute atomic E-state index is 12.6. The third-order valence-electron chi connectivity index (χ3n) is 6.07. The normalized spacial score (nSPS) is 11.2. The molecule has 4 rings (SSSR count). The number of hydrogen-bond acceptors (Lipinski definition) is 5. The number of nitrogens with one attached hydrogen (secondary N) is 1. The molecule has 1 amide bonds. The lowest BCUT2D eigenvalue weighted by molar-refractivity contribution is -0.137. The zero-order valence-corrected chi connectivity index (χ0v) is 19.3. The lowest BCUT2D eigenvalue weighted by Gasteiger charge is -2.09. The van der Waals surface area contributed by atoms with Gasteiger partial charge in [-0.15, -0.1) is 0 Å². The smallest absolute Gasteiger partial charge is 0.340 e. The van der Waals surface area contributed by atoms with E-state index in [1.807, 2.05) is 44.2 Å². The van der Waals surface area contributed by atoms with Crippen LogP contribution < -0.4 is 10.9 Å². The van der Waals surface area contributed by atoms with Crippen LogP contribution in [0.25, 0.3) is 33.1 Å². The largest absolute Gasteiger partial charge is 0.481 e. The second-order valence-corrected chi connectivity index (χ2v) is 8.58. The number of rotatable bonds is 9. The number of benzene rings is 2. The number of furan rings is 1. The molecule has 0 bridgehead atoms. The first-order valence-corrected chi connectivity index (χ1v) is 11.4. The van der Waals surface area contributed by atoms with Crippen LogP contribution in [0.2, 0.25) is 0 Å². The second kappa shape index (κ2) is 9.95. The maximum Gasteiger partial charge on any atom is 0.340 e. The van der Waals surface area contributed by atoms with Gasteiger partial charge in [0.1, 0.15) is 11.2 Å². The SMILES string of the molecule is Cc1ccc(-c2coc3cc4oc(=O)c(CC(=O)NCCCCCC(=O)O)c(C)c4cc23)cc1. The van der Waals surface area contributed by atoms with Crippen molar-refractivity contribution in [3.63, 3.8) is 0 Å². The highest BCUT2D eigenvalue weighted by atomic mass is 16.4. The van der Waals surface area contributed by atoms with Crippen molar-refractivity contribution in [1.82, 2.24) is 5.32 Å². The van der Waals surface area contributed by atoms with E-state index in [9.17, 15) is 14.4 Å². The predicted octanol–water partition coefficient (Wildman–Crippen LogP) is 5.13. The van der Waals surface area contributed by atoms with Crippen molar-refractivity contribution in [3.8, 4) is 11.1 Å². The van der Waals surface area contributed by atoms with E-state index >= 15 is 0 Å². The number of amides is 1. The topological polar surface area (TPSA) is 110 Å². The Morgan fingerprint density at radius 1 is 0.971 bits per heavy atom. The Bertz CT molecular complexity index is 1410. The monoisotopic (exact) mass is 461 g/mol. The van der Waals surface area contributed by atoms with Crippen LogP contribution in [0.1, 0.15) is 42.4 Å². The summed E-state index contributed by atoms with van der Waals surface area (Å²) in [6.07, 6.45) is 3.73. The van der Waals surface area contributed by atoms with Crippen molar-refractivity contribution in [2.45, 2.75) is 46.0 Å². The van der Waals surface area contributed by atoms with E-state index in [1.165, 1.54) is 5.56 Å². The summed E-state index contributed by atoms with van der Waals surface area (Å²) in [6.45, 7) is 4.30. The van der Waals surface area contributed by atoms with Crippen molar-refractivity contribution in [1.29, 1.82) is 0 Å². The minimum atomic E-state index is -0.818. The Labute approximate surface area is 196 Å². The number of unbranched alkanes of at least 4 members (excludes halogenated alkanes) is 2. The lowest BCUT2D eigenvalue weighted by atomic mass is 9.99. The molecule has 0 atom stereocenters. The fourth-order valence-electron chi connectivity index (χ4n) is 4.10. The Kier molecular flexibility index (Phi) is 6.82. The molecule has 0 fully saturated rings. The minimum Gasteiger partial charge on any atom is -0.481 e. The molecule has 2 N–H and O–H groups in total. The zero-order chi connectivity index (χ0) is 24.2. The van der Waals surface area contributed by atoms with Crippen LogP contribution >= 0.6 is 0 Å². The van der Waals surface area contributed by atoms with Crippen LogP contribution in [0.4, 0.5) is 0 Å². The first-order chi connectivity index (χ1) is 16.3. The summed E-state index contributed by atoms with van der Waals surface area (Å²) in [7, 11) is 0. The highest BCUT2D eigenvalue weighted by Gasteiger charge is 2.17. The standard InChI is InChI=1S/C27H27NO6/c1-16-7-9-18(10-8-16)22-15-33-23-14-24-19(12-21(22)23)17(2)20(27(32)34-24)13-25(29)28-11-5-3-4-6-26(30)31/h7-10,12,14-15H,3-6,11,13H2,1-2H3,(H,28,29)(H,30,31). The van der Waals surface area contributed by atoms with Gasteiger partial charge in [-0.2, -0.15) is 0 Å². The van der Waals surface area contributed by atoms with E-state index in [1.54, 1.807) is 12.3 Å². The van der Waals surface area contributed by atoms with Crippen molar-refractivity contribution >= 4 is 33.8 Å². The van der Waals surface area contributed by atoms with E-state index in [0.717, 1.165) is 21.9 Å². The average molecular weight is 462 g/mol. The molecule has 0 spiro atoms. The van der Waals surface area contributed by atoms with Gasteiger partial charge in [-0.3, -0.25) is 9.59 Å². The summed E-state index contributed by atoms with van der Waals surface area (Å²) in [5.41, 5.74) is 4.69. The van der Waals surface area contributed by atoms with E-state index in [4.69, 9.17) is 13.9 Å². The van der Waals surface area contributed by atoms with Gasteiger partial charge in [-0.05, 0) is 43.9 Å². The van der Waals surface area contributed by atoms with Crippen molar-refractivity contribution in [2.24, 2.45) is 0 Å². The molecule has 4 aromatic rings. The number of fused-ring (bicyclic) bond motifs is 2. The van der Waals surface area contributed by atoms with Crippen LogP contribution in [0.5, 0.6) is 0 Å². The van der Waals surface area contributed by atoms with Crippen LogP contribution in [0.3, 0.4) is 0 Å². The van der Waals surface area contributed by atoms with Gasteiger partial charge in [0.2, 0.25) is 5.91 Å². The molecule has 0 unspecified atom stereocenters. The maximum atomic E-state index is 12.6. The quantitative estimate of drug-likeness (QED) is 0.264. The van der Waals surface area contributed by atoms with E-state index in [-0.39, 0.29) is 18.7 Å². The number of hydrogen-bond donors (Lipinski definition) is 2. The van der Waals surface area contributed by atoms with Gasteiger partial charge in [0, 0.05) is 35.4 Å². The van der Waals surface area contributed by atoms with Crippen LogP contribution in [0.15, 0.2) is 56.3 Å². The van der Waals surface area contributed by atoms with Gasteiger partial charge in [0.15, 0.2) is 0 Å². The van der Waals surface area contributed by atoms with Crippen molar-refractivity contribution < 1.29 is 23.5 Å². The first-order valence-electron chi connectivity index (χ1n) is 11.4. The molecule has 176 valence electrons. The molecule has 0 saturated heterocycles. The highest BCUT2D eigenvalue weighted by Crippen LogP contribution is 2.34. The molecular formula is C27H27NO6. The summed E-state index contributed by atoms with van der Waals surface area (Å²) in [5.74, 6) is -1.08. The molecule has 0 aliphatic carbocycles. The molecule has 34 heavy (non-hydrogen) atoms. The predicted molar refractivity (Wildman–Crippen MR) is 130 cm³/mol.